The summed E-state index contributed by atoms with van der Waals surface area (Å²) < 4.78 is 0. The normalized spacial score (nSPS) is 17.2. The van der Waals surface area contributed by atoms with Gasteiger partial charge in [0.2, 0.25) is 0 Å². The Labute approximate surface area is 182 Å². The number of aryl methyl sites for hydroxylation is 1. The topological polar surface area (TPSA) is 64.6 Å². The van der Waals surface area contributed by atoms with Crippen molar-refractivity contribution in [1.82, 2.24) is 14.9 Å². The Morgan fingerprint density at radius 3 is 2.27 bits per heavy atom. The minimum atomic E-state index is -0.0409. The highest BCUT2D eigenvalue weighted by Crippen LogP contribution is 2.24. The summed E-state index contributed by atoms with van der Waals surface area (Å²) in [7, 11) is 0. The van der Waals surface area contributed by atoms with Crippen LogP contribution in [0.2, 0.25) is 0 Å². The second-order valence-corrected chi connectivity index (χ2v) is 8.70. The van der Waals surface area contributed by atoms with E-state index in [0.717, 1.165) is 54.2 Å². The van der Waals surface area contributed by atoms with Crippen LogP contribution < -0.4 is 15.1 Å². The molecule has 0 saturated carbocycles. The second kappa shape index (κ2) is 9.55. The molecule has 4 rings (SSSR count). The van der Waals surface area contributed by atoms with Crippen LogP contribution >= 0.6 is 11.8 Å². The molecule has 0 aliphatic carbocycles. The third-order valence-electron chi connectivity index (χ3n) is 5.70. The Bertz CT molecular complexity index is 878. The lowest BCUT2D eigenvalue weighted by atomic mass is 10.1. The van der Waals surface area contributed by atoms with Gasteiger partial charge in [0.15, 0.2) is 0 Å². The molecule has 2 amide bonds. The fraction of sp³-hybridized carbons (Fsp3) is 0.500. The predicted molar refractivity (Wildman–Crippen MR) is 124 cm³/mol. The van der Waals surface area contributed by atoms with Gasteiger partial charge in [0, 0.05) is 55.9 Å². The molecule has 0 bridgehead atoms. The van der Waals surface area contributed by atoms with Gasteiger partial charge in [0.25, 0.3) is 0 Å². The second-order valence-electron chi connectivity index (χ2n) is 7.82. The lowest BCUT2D eigenvalue weighted by molar-refractivity contribution is 0.208. The van der Waals surface area contributed by atoms with Crippen LogP contribution in [0.25, 0.3) is 0 Å². The minimum absolute atomic E-state index is 0.0409. The maximum absolute atomic E-state index is 12.7. The minimum Gasteiger partial charge on any atom is -0.356 e. The van der Waals surface area contributed by atoms with E-state index in [1.54, 1.807) is 11.8 Å². The number of benzene rings is 1. The summed E-state index contributed by atoms with van der Waals surface area (Å²) in [5, 5.41) is 3.03. The van der Waals surface area contributed by atoms with E-state index in [1.807, 2.05) is 42.3 Å². The van der Waals surface area contributed by atoms with E-state index in [-0.39, 0.29) is 6.03 Å². The van der Waals surface area contributed by atoms with E-state index in [0.29, 0.717) is 13.1 Å². The van der Waals surface area contributed by atoms with Crippen LogP contribution in [0.5, 0.6) is 0 Å². The zero-order valence-corrected chi connectivity index (χ0v) is 18.6. The summed E-state index contributed by atoms with van der Waals surface area (Å²) in [6.07, 6.45) is 5.79. The van der Waals surface area contributed by atoms with Crippen molar-refractivity contribution in [3.63, 3.8) is 0 Å². The fourth-order valence-corrected chi connectivity index (χ4v) is 4.49. The Morgan fingerprint density at radius 1 is 0.933 bits per heavy atom. The number of anilines is 3. The van der Waals surface area contributed by atoms with Gasteiger partial charge in [-0.2, -0.15) is 0 Å². The number of amides is 2. The van der Waals surface area contributed by atoms with Gasteiger partial charge in [-0.05, 0) is 50.6 Å². The third kappa shape index (κ3) is 4.98. The number of piperidine rings is 1. The Hall–Kier alpha value is -2.48. The lowest BCUT2D eigenvalue weighted by Crippen LogP contribution is -2.50. The first-order valence-electron chi connectivity index (χ1n) is 10.7. The van der Waals surface area contributed by atoms with Crippen molar-refractivity contribution in [2.24, 2.45) is 0 Å². The molecule has 30 heavy (non-hydrogen) atoms. The highest BCUT2D eigenvalue weighted by atomic mass is 32.2. The summed E-state index contributed by atoms with van der Waals surface area (Å²) in [6, 6.07) is 10.0. The maximum Gasteiger partial charge on any atom is 0.321 e. The number of carbonyl (C=O) groups excluding carboxylic acids is 1. The highest BCUT2D eigenvalue weighted by Gasteiger charge is 2.23. The quantitative estimate of drug-likeness (QED) is 0.749. The Balaban J connectivity index is 1.37. The Morgan fingerprint density at radius 2 is 1.60 bits per heavy atom. The molecule has 2 aromatic rings. The number of piperazine rings is 1. The van der Waals surface area contributed by atoms with E-state index in [4.69, 9.17) is 0 Å². The van der Waals surface area contributed by atoms with Gasteiger partial charge in [0.05, 0.1) is 0 Å². The number of nitrogens with one attached hydrogen (secondary N) is 1. The first kappa shape index (κ1) is 20.8. The molecule has 1 N–H and O–H groups in total. The fourth-order valence-electron chi connectivity index (χ4n) is 4.03. The van der Waals surface area contributed by atoms with Gasteiger partial charge < -0.3 is 20.0 Å². The average Bonchev–Trinajstić information content (AvgIpc) is 2.79. The molecule has 0 unspecified atom stereocenters. The first-order chi connectivity index (χ1) is 14.6. The molecule has 8 heteroatoms. The van der Waals surface area contributed by atoms with Crippen molar-refractivity contribution in [2.75, 3.05) is 60.6 Å². The number of aromatic nitrogens is 2. The zero-order chi connectivity index (χ0) is 20.9. The molecule has 160 valence electrons. The van der Waals surface area contributed by atoms with Gasteiger partial charge >= 0.3 is 6.03 Å². The molecule has 0 atom stereocenters. The van der Waals surface area contributed by atoms with Crippen molar-refractivity contribution in [3.8, 4) is 0 Å². The summed E-state index contributed by atoms with van der Waals surface area (Å²) in [6.45, 7) is 7.00. The largest absolute Gasteiger partial charge is 0.356 e. The van der Waals surface area contributed by atoms with E-state index >= 15 is 0 Å². The summed E-state index contributed by atoms with van der Waals surface area (Å²) in [4.78, 5) is 29.7. The molecule has 2 fully saturated rings. The number of nitrogens with zero attached hydrogens (tertiary/aromatic N) is 5. The molecule has 2 aliphatic heterocycles. The van der Waals surface area contributed by atoms with Crippen LogP contribution in [0.3, 0.4) is 0 Å². The van der Waals surface area contributed by atoms with E-state index in [2.05, 4.69) is 31.2 Å². The van der Waals surface area contributed by atoms with Crippen molar-refractivity contribution in [2.45, 2.75) is 31.1 Å². The Kier molecular flexibility index (Phi) is 6.62. The highest BCUT2D eigenvalue weighted by molar-refractivity contribution is 7.98. The third-order valence-corrected chi connectivity index (χ3v) is 6.43. The molecular weight excluding hydrogens is 396 g/mol. The van der Waals surface area contributed by atoms with Crippen LogP contribution in [0, 0.1) is 6.92 Å². The van der Waals surface area contributed by atoms with Gasteiger partial charge in [-0.3, -0.25) is 0 Å². The number of hydrogen-bond acceptors (Lipinski definition) is 6. The van der Waals surface area contributed by atoms with Crippen molar-refractivity contribution in [3.05, 3.63) is 36.2 Å². The molecule has 2 saturated heterocycles. The maximum atomic E-state index is 12.7. The lowest BCUT2D eigenvalue weighted by Gasteiger charge is -2.36. The van der Waals surface area contributed by atoms with Crippen LogP contribution in [0.15, 0.2) is 35.2 Å². The van der Waals surface area contributed by atoms with Gasteiger partial charge in [0.1, 0.15) is 17.5 Å². The summed E-state index contributed by atoms with van der Waals surface area (Å²) >= 11 is 1.67. The van der Waals surface area contributed by atoms with Gasteiger partial charge in [-0.15, -0.1) is 11.8 Å². The molecule has 2 aliphatic rings. The SMILES string of the molecule is CSc1cccc(NC(=O)N2CCN(c3cc(N4CCCCC4)nc(C)n3)CC2)c1. The van der Waals surface area contributed by atoms with E-state index < -0.39 is 0 Å². The van der Waals surface area contributed by atoms with E-state index in [9.17, 15) is 4.79 Å². The summed E-state index contributed by atoms with van der Waals surface area (Å²) in [5.74, 6) is 2.81. The number of thioether (sulfide) groups is 1. The molecule has 0 radical (unpaired) electrons. The van der Waals surface area contributed by atoms with Crippen LogP contribution in [0.4, 0.5) is 22.1 Å². The summed E-state index contributed by atoms with van der Waals surface area (Å²) in [5.41, 5.74) is 0.840. The molecule has 1 aromatic heterocycles. The zero-order valence-electron chi connectivity index (χ0n) is 17.8. The monoisotopic (exact) mass is 426 g/mol. The van der Waals surface area contributed by atoms with Gasteiger partial charge in [-0.25, -0.2) is 14.8 Å². The van der Waals surface area contributed by atoms with Crippen LogP contribution in [-0.4, -0.2) is 66.4 Å². The molecule has 0 spiro atoms. The van der Waals surface area contributed by atoms with Crippen molar-refractivity contribution < 1.29 is 4.79 Å². The van der Waals surface area contributed by atoms with Gasteiger partial charge in [-0.1, -0.05) is 6.07 Å². The number of urea groups is 1. The molecular formula is C22H30N6OS. The molecule has 7 nitrogen and oxygen atoms in total. The van der Waals surface area contributed by atoms with Crippen LogP contribution in [-0.2, 0) is 0 Å². The van der Waals surface area contributed by atoms with E-state index in [1.165, 1.54) is 19.3 Å². The van der Waals surface area contributed by atoms with Crippen LogP contribution in [0.1, 0.15) is 25.1 Å². The first-order valence-corrected chi connectivity index (χ1v) is 11.9. The average molecular weight is 427 g/mol. The smallest absolute Gasteiger partial charge is 0.321 e. The molecule has 3 heterocycles. The number of rotatable bonds is 4. The standard InChI is InChI=1S/C22H30N6OS/c1-17-23-20(26-9-4-3-5-10-26)16-21(24-17)27-11-13-28(14-12-27)22(29)25-18-7-6-8-19(15-18)30-2/h6-8,15-16H,3-5,9-14H2,1-2H3,(H,25,29). The van der Waals surface area contributed by atoms with Crippen molar-refractivity contribution >= 4 is 35.1 Å². The number of hydrogen-bond donors (Lipinski definition) is 1. The molecule has 1 aromatic carbocycles. The van der Waals surface area contributed by atoms with Crippen molar-refractivity contribution in [1.29, 1.82) is 0 Å². The number of carbonyl (C=O) groups is 1. The predicted octanol–water partition coefficient (Wildman–Crippen LogP) is 3.85.